The zero-order valence-corrected chi connectivity index (χ0v) is 11.4. The summed E-state index contributed by atoms with van der Waals surface area (Å²) in [6.45, 7) is 0. The summed E-state index contributed by atoms with van der Waals surface area (Å²) in [4.78, 5) is 10.7. The van der Waals surface area contributed by atoms with E-state index in [4.69, 9.17) is 5.11 Å². The fourth-order valence-electron chi connectivity index (χ4n) is 1.40. The molecule has 2 rings (SSSR count). The predicted molar refractivity (Wildman–Crippen MR) is 53.7 cm³/mol. The van der Waals surface area contributed by atoms with Gasteiger partial charge in [0.2, 0.25) is 0 Å². The molecule has 2 aromatic carbocycles. The molecule has 0 amide bonds. The first-order valence-corrected chi connectivity index (χ1v) is 4.13. The summed E-state index contributed by atoms with van der Waals surface area (Å²) < 4.78 is 0. The van der Waals surface area contributed by atoms with Crippen molar-refractivity contribution in [3.8, 4) is 5.75 Å². The number of rotatable bonds is 1. The van der Waals surface area contributed by atoms with E-state index in [2.05, 4.69) is 0 Å². The smallest absolute Gasteiger partial charge is 1.00 e. The Morgan fingerprint density at radius 1 is 1.13 bits per heavy atom. The van der Waals surface area contributed by atoms with Gasteiger partial charge in [0.05, 0.1) is 0 Å². The van der Waals surface area contributed by atoms with Crippen molar-refractivity contribution in [1.82, 2.24) is 0 Å². The fraction of sp³-hybridized carbons (Fsp3) is 0. The van der Waals surface area contributed by atoms with Crippen molar-refractivity contribution in [3.63, 3.8) is 0 Å². The summed E-state index contributed by atoms with van der Waals surface area (Å²) >= 11 is 0. The first kappa shape index (κ1) is 12.7. The Hall–Kier alpha value is -0.394. The van der Waals surface area contributed by atoms with Gasteiger partial charge in [-0.05, 0) is 22.9 Å². The second-order valence-corrected chi connectivity index (χ2v) is 3.02. The van der Waals surface area contributed by atoms with Crippen LogP contribution in [-0.2, 0) is 0 Å². The number of benzene rings is 2. The van der Waals surface area contributed by atoms with Crippen molar-refractivity contribution in [1.29, 1.82) is 0 Å². The Morgan fingerprint density at radius 3 is 2.20 bits per heavy atom. The van der Waals surface area contributed by atoms with Crippen LogP contribution in [0, 0.1) is 0 Å². The van der Waals surface area contributed by atoms with Crippen molar-refractivity contribution >= 4 is 16.7 Å². The summed E-state index contributed by atoms with van der Waals surface area (Å²) in [5.41, 5.74) is -0.0660. The van der Waals surface area contributed by atoms with Gasteiger partial charge in [0.15, 0.2) is 0 Å². The average Bonchev–Trinajstić information content (AvgIpc) is 2.16. The molecule has 0 fully saturated rings. The third-order valence-electron chi connectivity index (χ3n) is 2.09. The van der Waals surface area contributed by atoms with E-state index in [1.807, 2.05) is 18.2 Å². The van der Waals surface area contributed by atoms with Gasteiger partial charge in [-0.25, -0.2) is 4.79 Å². The van der Waals surface area contributed by atoms with Gasteiger partial charge in [-0.3, -0.25) is 0 Å². The summed E-state index contributed by atoms with van der Waals surface area (Å²) in [7, 11) is 0. The zero-order valence-electron chi connectivity index (χ0n) is 9.27. The normalized spacial score (nSPS) is 9.60. The standard InChI is InChI=1S/C11H8O3.K.H/c12-10-6-8-4-2-1-3-7(8)5-9(10)11(13)14;;/h1-6,12H,(H,13,14);;/q;+1;-1. The zero-order chi connectivity index (χ0) is 10.1. The van der Waals surface area contributed by atoms with Crippen LogP contribution in [0.15, 0.2) is 36.4 Å². The number of hydrogen-bond acceptors (Lipinski definition) is 2. The molecule has 0 aromatic heterocycles. The Kier molecular flexibility index (Phi) is 4.30. The number of carboxylic acid groups (broad SMARTS) is 1. The van der Waals surface area contributed by atoms with E-state index < -0.39 is 5.97 Å². The van der Waals surface area contributed by atoms with Crippen molar-refractivity contribution in [3.05, 3.63) is 42.0 Å². The molecule has 0 saturated carbocycles. The molecular weight excluding hydrogens is 219 g/mol. The van der Waals surface area contributed by atoms with Crippen LogP contribution in [0.1, 0.15) is 11.8 Å². The fourth-order valence-corrected chi connectivity index (χ4v) is 1.40. The van der Waals surface area contributed by atoms with E-state index in [1.54, 1.807) is 6.07 Å². The number of aromatic carboxylic acids is 1. The number of carboxylic acids is 1. The van der Waals surface area contributed by atoms with E-state index in [0.717, 1.165) is 10.8 Å². The number of hydrogen-bond donors (Lipinski definition) is 2. The summed E-state index contributed by atoms with van der Waals surface area (Å²) in [6, 6.07) is 10.2. The number of phenols is 1. The Morgan fingerprint density at radius 2 is 1.67 bits per heavy atom. The third kappa shape index (κ3) is 2.59. The van der Waals surface area contributed by atoms with Crippen LogP contribution in [0.25, 0.3) is 10.8 Å². The van der Waals surface area contributed by atoms with Crippen LogP contribution in [0.3, 0.4) is 0 Å². The number of aromatic hydroxyl groups is 1. The van der Waals surface area contributed by atoms with Gasteiger partial charge in [-0.1, -0.05) is 24.3 Å². The monoisotopic (exact) mass is 228 g/mol. The van der Waals surface area contributed by atoms with Crippen LogP contribution >= 0.6 is 0 Å². The van der Waals surface area contributed by atoms with Gasteiger partial charge >= 0.3 is 57.4 Å². The Balaban J connectivity index is 0.00000112. The summed E-state index contributed by atoms with van der Waals surface area (Å²) in [5, 5.41) is 19.8. The average molecular weight is 228 g/mol. The minimum absolute atomic E-state index is 0. The van der Waals surface area contributed by atoms with Crippen molar-refractivity contribution in [2.24, 2.45) is 0 Å². The van der Waals surface area contributed by atoms with Crippen molar-refractivity contribution in [2.75, 3.05) is 0 Å². The van der Waals surface area contributed by atoms with Crippen LogP contribution in [0.4, 0.5) is 0 Å². The van der Waals surface area contributed by atoms with Crippen LogP contribution < -0.4 is 51.4 Å². The molecule has 4 heteroatoms. The molecule has 2 aromatic rings. The number of fused-ring (bicyclic) bond motifs is 1. The molecular formula is C11H9KO3. The maximum Gasteiger partial charge on any atom is 1.00 e. The minimum atomic E-state index is -1.12. The van der Waals surface area contributed by atoms with Gasteiger partial charge in [0.1, 0.15) is 11.3 Å². The van der Waals surface area contributed by atoms with Crippen molar-refractivity contribution < 1.29 is 67.8 Å². The van der Waals surface area contributed by atoms with Gasteiger partial charge in [0, 0.05) is 0 Å². The van der Waals surface area contributed by atoms with Gasteiger partial charge < -0.3 is 11.6 Å². The maximum atomic E-state index is 10.7. The van der Waals surface area contributed by atoms with E-state index >= 15 is 0 Å². The molecule has 15 heavy (non-hydrogen) atoms. The molecule has 0 spiro atoms. The van der Waals surface area contributed by atoms with Crippen LogP contribution in [0.5, 0.6) is 5.75 Å². The quantitative estimate of drug-likeness (QED) is 0.638. The third-order valence-corrected chi connectivity index (χ3v) is 2.09. The molecule has 0 atom stereocenters. The van der Waals surface area contributed by atoms with Crippen LogP contribution in [0.2, 0.25) is 0 Å². The molecule has 0 unspecified atom stereocenters. The minimum Gasteiger partial charge on any atom is -1.00 e. The van der Waals surface area contributed by atoms with Crippen LogP contribution in [-0.4, -0.2) is 16.2 Å². The Labute approximate surface area is 131 Å². The molecule has 0 aliphatic carbocycles. The molecule has 72 valence electrons. The molecule has 0 aliphatic heterocycles. The Bertz CT molecular complexity index is 514. The van der Waals surface area contributed by atoms with E-state index in [9.17, 15) is 9.90 Å². The molecule has 3 nitrogen and oxygen atoms in total. The predicted octanol–water partition coefficient (Wildman–Crippen LogP) is -0.640. The molecule has 0 radical (unpaired) electrons. The van der Waals surface area contributed by atoms with E-state index in [1.165, 1.54) is 12.1 Å². The molecule has 0 heterocycles. The van der Waals surface area contributed by atoms with Gasteiger partial charge in [-0.2, -0.15) is 0 Å². The topological polar surface area (TPSA) is 57.5 Å². The summed E-state index contributed by atoms with van der Waals surface area (Å²) in [5.74, 6) is -1.32. The van der Waals surface area contributed by atoms with Gasteiger partial charge in [0.25, 0.3) is 0 Å². The SMILES string of the molecule is O=C(O)c1cc2ccccc2cc1O.[H-].[K+]. The second kappa shape index (κ2) is 5.09. The molecule has 0 bridgehead atoms. The second-order valence-electron chi connectivity index (χ2n) is 3.02. The summed E-state index contributed by atoms with van der Waals surface area (Å²) in [6.07, 6.45) is 0. The maximum absolute atomic E-state index is 10.7. The first-order chi connectivity index (χ1) is 6.68. The van der Waals surface area contributed by atoms with E-state index in [-0.39, 0.29) is 64.1 Å². The molecule has 0 saturated heterocycles. The number of carbonyl (C=O) groups is 1. The first-order valence-electron chi connectivity index (χ1n) is 4.13. The largest absolute Gasteiger partial charge is 1.00 e. The van der Waals surface area contributed by atoms with E-state index in [0.29, 0.717) is 0 Å². The molecule has 0 aliphatic rings. The van der Waals surface area contributed by atoms with Gasteiger partial charge in [-0.15, -0.1) is 0 Å². The van der Waals surface area contributed by atoms with Crippen molar-refractivity contribution in [2.45, 2.75) is 0 Å². The molecule has 2 N–H and O–H groups in total.